The van der Waals surface area contributed by atoms with Crippen molar-refractivity contribution >= 4 is 17.5 Å². The number of carbonyl (C=O) groups is 2. The maximum atomic E-state index is 12.5. The first kappa shape index (κ1) is 20.2. The van der Waals surface area contributed by atoms with Gasteiger partial charge in [0.25, 0.3) is 11.8 Å². The first-order valence-corrected chi connectivity index (χ1v) is 9.41. The van der Waals surface area contributed by atoms with Crippen LogP contribution in [0, 0.1) is 6.92 Å². The third-order valence-electron chi connectivity index (χ3n) is 4.24. The second kappa shape index (κ2) is 9.10. The van der Waals surface area contributed by atoms with Crippen LogP contribution in [0.25, 0.3) is 0 Å². The molecule has 0 radical (unpaired) electrons. The molecule has 0 aliphatic rings. The summed E-state index contributed by atoms with van der Waals surface area (Å²) < 4.78 is 10.7. The minimum atomic E-state index is -0.362. The summed E-state index contributed by atoms with van der Waals surface area (Å²) in [5.41, 5.74) is 2.84. The number of aryl methyl sites for hydroxylation is 1. The fourth-order valence-corrected chi connectivity index (χ4v) is 2.73. The molecule has 0 spiro atoms. The molecule has 0 bridgehead atoms. The Kier molecular flexibility index (Phi) is 6.34. The molecule has 2 N–H and O–H groups in total. The molecule has 0 fully saturated rings. The van der Waals surface area contributed by atoms with Crippen molar-refractivity contribution in [2.24, 2.45) is 0 Å². The number of hydrogen-bond donors (Lipinski definition) is 2. The summed E-state index contributed by atoms with van der Waals surface area (Å²) in [4.78, 5) is 24.7. The third-order valence-corrected chi connectivity index (χ3v) is 4.24. The van der Waals surface area contributed by atoms with Crippen molar-refractivity contribution in [2.75, 3.05) is 5.32 Å². The molecule has 2 amide bonds. The van der Waals surface area contributed by atoms with Crippen LogP contribution in [0.4, 0.5) is 5.69 Å². The minimum Gasteiger partial charge on any atom is -0.491 e. The normalized spacial score (nSPS) is 10.6. The number of hydrogen-bond acceptors (Lipinski definition) is 4. The molecule has 3 aromatic rings. The molecule has 0 saturated carbocycles. The molecule has 29 heavy (non-hydrogen) atoms. The van der Waals surface area contributed by atoms with E-state index in [-0.39, 0.29) is 23.7 Å². The van der Waals surface area contributed by atoms with Gasteiger partial charge in [0.15, 0.2) is 5.76 Å². The number of carbonyl (C=O) groups excluding carboxylic acids is 2. The highest BCUT2D eigenvalue weighted by Crippen LogP contribution is 2.19. The summed E-state index contributed by atoms with van der Waals surface area (Å²) in [5.74, 6) is 0.426. The highest BCUT2D eigenvalue weighted by molar-refractivity contribution is 6.03. The van der Waals surface area contributed by atoms with Gasteiger partial charge in [-0.2, -0.15) is 0 Å². The van der Waals surface area contributed by atoms with Gasteiger partial charge in [-0.15, -0.1) is 0 Å². The Morgan fingerprint density at radius 3 is 2.45 bits per heavy atom. The molecule has 150 valence electrons. The third kappa shape index (κ3) is 5.48. The molecule has 0 aliphatic heterocycles. The summed E-state index contributed by atoms with van der Waals surface area (Å²) >= 11 is 0. The molecule has 1 aromatic heterocycles. The Morgan fingerprint density at radius 1 is 1.03 bits per heavy atom. The SMILES string of the molecule is Cc1ccc(C(=O)NCc2ccc(OC(C)C)cc2)cc1NC(=O)c1ccco1. The van der Waals surface area contributed by atoms with E-state index in [4.69, 9.17) is 9.15 Å². The van der Waals surface area contributed by atoms with Crippen LogP contribution < -0.4 is 15.4 Å². The lowest BCUT2D eigenvalue weighted by atomic mass is 10.1. The minimum absolute atomic E-state index is 0.115. The Balaban J connectivity index is 1.62. The largest absolute Gasteiger partial charge is 0.491 e. The van der Waals surface area contributed by atoms with Crippen LogP contribution in [0.1, 0.15) is 45.9 Å². The van der Waals surface area contributed by atoms with Crippen molar-refractivity contribution < 1.29 is 18.7 Å². The smallest absolute Gasteiger partial charge is 0.291 e. The maximum absolute atomic E-state index is 12.5. The fraction of sp³-hybridized carbons (Fsp3) is 0.217. The molecule has 1 heterocycles. The zero-order valence-corrected chi connectivity index (χ0v) is 16.7. The summed E-state index contributed by atoms with van der Waals surface area (Å²) in [6, 6.07) is 16.0. The summed E-state index contributed by atoms with van der Waals surface area (Å²) in [6.45, 7) is 6.20. The van der Waals surface area contributed by atoms with Crippen LogP contribution >= 0.6 is 0 Å². The van der Waals surface area contributed by atoms with Crippen LogP contribution in [0.15, 0.2) is 65.3 Å². The van der Waals surface area contributed by atoms with Gasteiger partial charge < -0.3 is 19.8 Å². The zero-order chi connectivity index (χ0) is 20.8. The Morgan fingerprint density at radius 2 is 1.79 bits per heavy atom. The quantitative estimate of drug-likeness (QED) is 0.618. The molecule has 6 heteroatoms. The maximum Gasteiger partial charge on any atom is 0.291 e. The van der Waals surface area contributed by atoms with E-state index in [2.05, 4.69) is 10.6 Å². The number of furan rings is 1. The van der Waals surface area contributed by atoms with Crippen molar-refractivity contribution in [1.29, 1.82) is 0 Å². The van der Waals surface area contributed by atoms with Crippen LogP contribution in [0.5, 0.6) is 5.75 Å². The van der Waals surface area contributed by atoms with Crippen LogP contribution in [-0.2, 0) is 6.54 Å². The monoisotopic (exact) mass is 392 g/mol. The predicted molar refractivity (Wildman–Crippen MR) is 111 cm³/mol. The van der Waals surface area contributed by atoms with Gasteiger partial charge in [-0.25, -0.2) is 0 Å². The van der Waals surface area contributed by atoms with Crippen LogP contribution in [-0.4, -0.2) is 17.9 Å². The molecule has 6 nitrogen and oxygen atoms in total. The highest BCUT2D eigenvalue weighted by Gasteiger charge is 2.13. The number of amides is 2. The van der Waals surface area contributed by atoms with Gasteiger partial charge in [0.1, 0.15) is 5.75 Å². The van der Waals surface area contributed by atoms with E-state index in [1.165, 1.54) is 6.26 Å². The zero-order valence-electron chi connectivity index (χ0n) is 16.7. The predicted octanol–water partition coefficient (Wildman–Crippen LogP) is 4.56. The number of nitrogens with one attached hydrogen (secondary N) is 2. The molecule has 0 unspecified atom stereocenters. The van der Waals surface area contributed by atoms with Crippen LogP contribution in [0.2, 0.25) is 0 Å². The van der Waals surface area contributed by atoms with Gasteiger partial charge in [-0.3, -0.25) is 9.59 Å². The molecule has 0 aliphatic carbocycles. The average molecular weight is 392 g/mol. The van der Waals surface area contributed by atoms with E-state index in [0.717, 1.165) is 16.9 Å². The van der Waals surface area contributed by atoms with Crippen molar-refractivity contribution in [3.63, 3.8) is 0 Å². The lowest BCUT2D eigenvalue weighted by molar-refractivity contribution is 0.0949. The number of ether oxygens (including phenoxy) is 1. The van der Waals surface area contributed by atoms with E-state index in [0.29, 0.717) is 17.8 Å². The summed E-state index contributed by atoms with van der Waals surface area (Å²) in [6.07, 6.45) is 1.55. The Hall–Kier alpha value is -3.54. The highest BCUT2D eigenvalue weighted by atomic mass is 16.5. The van der Waals surface area contributed by atoms with Crippen LogP contribution in [0.3, 0.4) is 0 Å². The van der Waals surface area contributed by atoms with E-state index in [9.17, 15) is 9.59 Å². The molecular formula is C23H24N2O4. The second-order valence-electron chi connectivity index (χ2n) is 6.95. The lowest BCUT2D eigenvalue weighted by Crippen LogP contribution is -2.23. The first-order valence-electron chi connectivity index (χ1n) is 9.41. The van der Waals surface area contributed by atoms with Gasteiger partial charge in [0.05, 0.1) is 12.4 Å². The van der Waals surface area contributed by atoms with E-state index >= 15 is 0 Å². The molecule has 0 atom stereocenters. The molecular weight excluding hydrogens is 368 g/mol. The van der Waals surface area contributed by atoms with E-state index in [1.54, 1.807) is 30.3 Å². The van der Waals surface area contributed by atoms with Gasteiger partial charge in [0.2, 0.25) is 0 Å². The van der Waals surface area contributed by atoms with Crippen molar-refractivity contribution in [3.05, 3.63) is 83.3 Å². The standard InChI is InChI=1S/C23H24N2O4/c1-15(2)29-19-10-7-17(8-11-19)14-24-22(26)18-9-6-16(3)20(13-18)25-23(27)21-5-4-12-28-21/h4-13,15H,14H2,1-3H3,(H,24,26)(H,25,27). The first-order chi connectivity index (χ1) is 13.9. The lowest BCUT2D eigenvalue weighted by Gasteiger charge is -2.12. The number of benzene rings is 2. The van der Waals surface area contributed by atoms with Gasteiger partial charge in [0, 0.05) is 17.8 Å². The average Bonchev–Trinajstić information content (AvgIpc) is 3.23. The van der Waals surface area contributed by atoms with E-state index in [1.807, 2.05) is 45.0 Å². The fourth-order valence-electron chi connectivity index (χ4n) is 2.73. The number of rotatable bonds is 7. The molecule has 3 rings (SSSR count). The van der Waals surface area contributed by atoms with Crippen molar-refractivity contribution in [3.8, 4) is 5.75 Å². The molecule has 2 aromatic carbocycles. The molecule has 0 saturated heterocycles. The van der Waals surface area contributed by atoms with Gasteiger partial charge >= 0.3 is 0 Å². The number of anilines is 1. The van der Waals surface area contributed by atoms with E-state index < -0.39 is 0 Å². The summed E-state index contributed by atoms with van der Waals surface area (Å²) in [7, 11) is 0. The van der Waals surface area contributed by atoms with Crippen molar-refractivity contribution in [1.82, 2.24) is 5.32 Å². The Labute approximate surface area is 169 Å². The van der Waals surface area contributed by atoms with Crippen molar-refractivity contribution in [2.45, 2.75) is 33.4 Å². The Bertz CT molecular complexity index is 977. The van der Waals surface area contributed by atoms with Gasteiger partial charge in [-0.05, 0) is 68.3 Å². The summed E-state index contributed by atoms with van der Waals surface area (Å²) in [5, 5.41) is 5.67. The topological polar surface area (TPSA) is 80.6 Å². The van der Waals surface area contributed by atoms with Gasteiger partial charge in [-0.1, -0.05) is 18.2 Å². The second-order valence-corrected chi connectivity index (χ2v) is 6.95.